The van der Waals surface area contributed by atoms with Crippen molar-refractivity contribution < 1.29 is 9.21 Å². The van der Waals surface area contributed by atoms with Gasteiger partial charge in [-0.2, -0.15) is 0 Å². The maximum absolute atomic E-state index is 10.2. The van der Waals surface area contributed by atoms with Gasteiger partial charge in [-0.3, -0.25) is 4.79 Å². The molecule has 1 amide bonds. The lowest BCUT2D eigenvalue weighted by atomic mass is 10.4. The van der Waals surface area contributed by atoms with E-state index >= 15 is 0 Å². The van der Waals surface area contributed by atoms with E-state index in [-0.39, 0.29) is 5.76 Å². The summed E-state index contributed by atoms with van der Waals surface area (Å²) in [4.78, 5) is 10.2. The molecule has 0 saturated carbocycles. The summed E-state index contributed by atoms with van der Waals surface area (Å²) in [6.45, 7) is 0. The van der Waals surface area contributed by atoms with Crippen LogP contribution in [-0.2, 0) is 0 Å². The number of carbonyl (C=O) groups is 1. The highest BCUT2D eigenvalue weighted by Crippen LogP contribution is 1.94. The molecule has 0 unspecified atom stereocenters. The molecule has 0 spiro atoms. The number of nitrogens with two attached hydrogens (primary N) is 1. The number of furan rings is 1. The fourth-order valence-electron chi connectivity index (χ4n) is 0.375. The van der Waals surface area contributed by atoms with Gasteiger partial charge in [0.05, 0.1) is 6.26 Å². The van der Waals surface area contributed by atoms with Crippen LogP contribution in [0.25, 0.3) is 0 Å². The monoisotopic (exact) mass is 110 g/mol. The highest BCUT2D eigenvalue weighted by Gasteiger charge is 1.99. The van der Waals surface area contributed by atoms with Gasteiger partial charge in [0, 0.05) is 6.07 Å². The van der Waals surface area contributed by atoms with E-state index in [0.717, 1.165) is 0 Å². The van der Waals surface area contributed by atoms with Crippen molar-refractivity contribution in [3.05, 3.63) is 24.2 Å². The first-order chi connectivity index (χ1) is 3.80. The van der Waals surface area contributed by atoms with Crippen molar-refractivity contribution in [3.63, 3.8) is 0 Å². The molecule has 0 bridgehead atoms. The quantitative estimate of drug-likeness (QED) is 0.560. The molecule has 3 nitrogen and oxygen atoms in total. The molecular weight excluding hydrogens is 106 g/mol. The van der Waals surface area contributed by atoms with Crippen LogP contribution in [-0.4, -0.2) is 5.91 Å². The van der Waals surface area contributed by atoms with Crippen LogP contribution < -0.4 is 5.73 Å². The molecule has 1 rings (SSSR count). The van der Waals surface area contributed by atoms with E-state index in [0.29, 0.717) is 0 Å². The van der Waals surface area contributed by atoms with Crippen molar-refractivity contribution in [1.29, 1.82) is 0 Å². The minimum atomic E-state index is -0.588. The van der Waals surface area contributed by atoms with Crippen molar-refractivity contribution in [3.8, 4) is 0 Å². The van der Waals surface area contributed by atoms with Crippen molar-refractivity contribution in [2.75, 3.05) is 0 Å². The average molecular weight is 110 g/mol. The van der Waals surface area contributed by atoms with Gasteiger partial charge in [-0.1, -0.05) is 0 Å². The maximum atomic E-state index is 10.2. The fraction of sp³-hybridized carbons (Fsp3) is 0. The second-order valence-corrected chi connectivity index (χ2v) is 1.26. The van der Waals surface area contributed by atoms with Crippen LogP contribution in [0.3, 0.4) is 0 Å². The molecule has 1 aromatic heterocycles. The molecule has 0 fully saturated rings. The number of hydrogen-bond donors (Lipinski definition) is 1. The standard InChI is InChI=1S/C5H4NO2/c6-5(7)4-2-1-3-8-4/h1,3H,(H2,6,7). The van der Waals surface area contributed by atoms with Gasteiger partial charge >= 0.3 is 0 Å². The van der Waals surface area contributed by atoms with Gasteiger partial charge < -0.3 is 10.2 Å². The van der Waals surface area contributed by atoms with Crippen molar-refractivity contribution >= 4 is 5.91 Å². The third-order valence-corrected chi connectivity index (χ3v) is 0.692. The van der Waals surface area contributed by atoms with Crippen LogP contribution in [0.2, 0.25) is 0 Å². The van der Waals surface area contributed by atoms with E-state index in [1.165, 1.54) is 12.3 Å². The zero-order chi connectivity index (χ0) is 5.98. The Morgan fingerprint density at radius 1 is 1.88 bits per heavy atom. The molecule has 8 heavy (non-hydrogen) atoms. The average Bonchev–Trinajstić information content (AvgIpc) is 2.12. The Morgan fingerprint density at radius 2 is 2.62 bits per heavy atom. The lowest BCUT2D eigenvalue weighted by Gasteiger charge is -1.79. The van der Waals surface area contributed by atoms with Gasteiger partial charge in [-0.15, -0.1) is 0 Å². The third kappa shape index (κ3) is 0.703. The molecule has 0 saturated heterocycles. The molecule has 2 N–H and O–H groups in total. The van der Waals surface area contributed by atoms with E-state index in [4.69, 9.17) is 5.73 Å². The van der Waals surface area contributed by atoms with Crippen LogP contribution in [0.5, 0.6) is 0 Å². The maximum Gasteiger partial charge on any atom is 0.285 e. The van der Waals surface area contributed by atoms with Gasteiger partial charge in [0.2, 0.25) is 0 Å². The van der Waals surface area contributed by atoms with Gasteiger partial charge in [-0.05, 0) is 6.07 Å². The number of carbonyl (C=O) groups excluding carboxylic acids is 1. The third-order valence-electron chi connectivity index (χ3n) is 0.692. The van der Waals surface area contributed by atoms with Crippen LogP contribution >= 0.6 is 0 Å². The van der Waals surface area contributed by atoms with Crippen molar-refractivity contribution in [1.82, 2.24) is 0 Å². The largest absolute Gasteiger partial charge is 0.459 e. The zero-order valence-corrected chi connectivity index (χ0v) is 4.05. The van der Waals surface area contributed by atoms with Crippen LogP contribution in [0.15, 0.2) is 16.7 Å². The zero-order valence-electron chi connectivity index (χ0n) is 4.05. The summed E-state index contributed by atoms with van der Waals surface area (Å²) in [7, 11) is 0. The number of amides is 1. The summed E-state index contributed by atoms with van der Waals surface area (Å²) < 4.78 is 4.56. The van der Waals surface area contributed by atoms with E-state index in [9.17, 15) is 4.79 Å². The van der Waals surface area contributed by atoms with Crippen LogP contribution in [0, 0.1) is 6.07 Å². The van der Waals surface area contributed by atoms with E-state index in [1.54, 1.807) is 0 Å². The Bertz CT molecular complexity index is 178. The van der Waals surface area contributed by atoms with E-state index in [2.05, 4.69) is 10.5 Å². The summed E-state index contributed by atoms with van der Waals surface area (Å²) in [5.74, 6) is -0.514. The summed E-state index contributed by atoms with van der Waals surface area (Å²) in [6, 6.07) is 3.98. The molecule has 1 aromatic rings. The lowest BCUT2D eigenvalue weighted by molar-refractivity contribution is 0.0973. The normalized spacial score (nSPS) is 9.00. The Morgan fingerprint density at radius 3 is 2.88 bits per heavy atom. The summed E-state index contributed by atoms with van der Waals surface area (Å²) in [5.41, 5.74) is 4.79. The fourth-order valence-corrected chi connectivity index (χ4v) is 0.375. The Balaban J connectivity index is 2.93. The Hall–Kier alpha value is -1.25. The first-order valence-electron chi connectivity index (χ1n) is 2.05. The van der Waals surface area contributed by atoms with Gasteiger partial charge in [0.15, 0.2) is 5.76 Å². The molecular formula is C5H4NO2. The highest BCUT2D eigenvalue weighted by molar-refractivity contribution is 5.89. The molecule has 0 aliphatic rings. The molecule has 0 aliphatic heterocycles. The number of primary amides is 1. The number of rotatable bonds is 1. The van der Waals surface area contributed by atoms with Crippen molar-refractivity contribution in [2.24, 2.45) is 5.73 Å². The Kier molecular flexibility index (Phi) is 1.04. The highest BCUT2D eigenvalue weighted by atomic mass is 16.3. The summed E-state index contributed by atoms with van der Waals surface area (Å²) in [5, 5.41) is 0. The molecule has 1 radical (unpaired) electrons. The van der Waals surface area contributed by atoms with Gasteiger partial charge in [-0.25, -0.2) is 0 Å². The molecule has 0 atom stereocenters. The molecule has 1 heterocycles. The smallest absolute Gasteiger partial charge is 0.285 e. The molecule has 41 valence electrons. The first-order valence-corrected chi connectivity index (χ1v) is 2.05. The SMILES string of the molecule is NC(=O)c1[c]cco1. The second-order valence-electron chi connectivity index (χ2n) is 1.26. The lowest BCUT2D eigenvalue weighted by Crippen LogP contribution is -2.09. The van der Waals surface area contributed by atoms with Gasteiger partial charge in [0.1, 0.15) is 0 Å². The number of hydrogen-bond acceptors (Lipinski definition) is 2. The Labute approximate surface area is 46.1 Å². The second kappa shape index (κ2) is 1.69. The molecule has 0 aliphatic carbocycles. The molecule has 0 aromatic carbocycles. The first kappa shape index (κ1) is 4.90. The minimum absolute atomic E-state index is 0.0741. The molecule has 3 heteroatoms. The predicted molar refractivity (Wildman–Crippen MR) is 26.1 cm³/mol. The summed E-state index contributed by atoms with van der Waals surface area (Å²) >= 11 is 0. The topological polar surface area (TPSA) is 56.2 Å². The van der Waals surface area contributed by atoms with Crippen LogP contribution in [0.4, 0.5) is 0 Å². The van der Waals surface area contributed by atoms with Crippen molar-refractivity contribution in [2.45, 2.75) is 0 Å². The predicted octanol–water partition coefficient (Wildman–Crippen LogP) is 0.179. The van der Waals surface area contributed by atoms with E-state index < -0.39 is 5.91 Å². The minimum Gasteiger partial charge on any atom is -0.459 e. The van der Waals surface area contributed by atoms with Gasteiger partial charge in [0.25, 0.3) is 5.91 Å². The van der Waals surface area contributed by atoms with Crippen LogP contribution in [0.1, 0.15) is 10.6 Å². The summed E-state index contributed by atoms with van der Waals surface area (Å²) in [6.07, 6.45) is 1.35. The van der Waals surface area contributed by atoms with E-state index in [1.807, 2.05) is 0 Å².